The molecule has 0 saturated carbocycles. The number of carbonyl (C=O) groups is 1. The number of ether oxygens (including phenoxy) is 1. The lowest BCUT2D eigenvalue weighted by Gasteiger charge is -2.37. The van der Waals surface area contributed by atoms with E-state index in [0.29, 0.717) is 19.4 Å². The molecule has 0 aromatic heterocycles. The largest absolute Gasteiger partial charge is 0.379 e. The Morgan fingerprint density at radius 2 is 2.05 bits per heavy atom. The van der Waals surface area contributed by atoms with Crippen LogP contribution in [0.3, 0.4) is 0 Å². The Bertz CT molecular complexity index is 335. The van der Waals surface area contributed by atoms with E-state index < -0.39 is 5.41 Å². The van der Waals surface area contributed by atoms with E-state index in [4.69, 9.17) is 4.74 Å². The number of hydrogen-bond acceptors (Lipinski definition) is 3. The highest BCUT2D eigenvalue weighted by atomic mass is 16.5. The first-order chi connectivity index (χ1) is 9.02. The van der Waals surface area contributed by atoms with Gasteiger partial charge in [0.05, 0.1) is 18.2 Å². The lowest BCUT2D eigenvalue weighted by molar-refractivity contribution is -0.132. The topological polar surface area (TPSA) is 62.1 Å². The van der Waals surface area contributed by atoms with Crippen molar-refractivity contribution < 1.29 is 9.53 Å². The SMILES string of the molecule is CCCC(C#N)(CCC)C(=O)NC1(C)CCCOC1. The van der Waals surface area contributed by atoms with E-state index >= 15 is 0 Å². The minimum Gasteiger partial charge on any atom is -0.379 e. The second-order valence-electron chi connectivity index (χ2n) is 5.86. The van der Waals surface area contributed by atoms with Gasteiger partial charge in [0.25, 0.3) is 0 Å². The van der Waals surface area contributed by atoms with Crippen molar-refractivity contribution in [1.82, 2.24) is 5.32 Å². The van der Waals surface area contributed by atoms with Crippen LogP contribution in [0.25, 0.3) is 0 Å². The molecular formula is C15H26N2O2. The molecule has 1 rings (SSSR count). The summed E-state index contributed by atoms with van der Waals surface area (Å²) < 4.78 is 5.45. The molecule has 1 aliphatic heterocycles. The van der Waals surface area contributed by atoms with Crippen LogP contribution in [0.15, 0.2) is 0 Å². The van der Waals surface area contributed by atoms with E-state index in [0.717, 1.165) is 32.3 Å². The van der Waals surface area contributed by atoms with Gasteiger partial charge in [-0.2, -0.15) is 5.26 Å². The molecular weight excluding hydrogens is 240 g/mol. The van der Waals surface area contributed by atoms with E-state index in [-0.39, 0.29) is 11.4 Å². The van der Waals surface area contributed by atoms with Crippen molar-refractivity contribution in [2.45, 2.75) is 64.8 Å². The fourth-order valence-corrected chi connectivity index (χ4v) is 2.79. The van der Waals surface area contributed by atoms with Gasteiger partial charge in [-0.05, 0) is 32.6 Å². The third-order valence-corrected chi connectivity index (χ3v) is 3.86. The molecule has 0 bridgehead atoms. The normalized spacial score (nSPS) is 23.7. The maximum Gasteiger partial charge on any atom is 0.240 e. The van der Waals surface area contributed by atoms with Crippen LogP contribution < -0.4 is 5.32 Å². The number of nitrogens with one attached hydrogen (secondary N) is 1. The summed E-state index contributed by atoms with van der Waals surface area (Å²) in [6.07, 6.45) is 4.80. The fraction of sp³-hybridized carbons (Fsp3) is 0.867. The summed E-state index contributed by atoms with van der Waals surface area (Å²) >= 11 is 0. The minimum atomic E-state index is -0.871. The molecule has 1 atom stereocenters. The molecule has 1 fully saturated rings. The van der Waals surface area contributed by atoms with E-state index in [2.05, 4.69) is 11.4 Å². The molecule has 4 nitrogen and oxygen atoms in total. The maximum atomic E-state index is 12.6. The van der Waals surface area contributed by atoms with Gasteiger partial charge in [-0.3, -0.25) is 4.79 Å². The minimum absolute atomic E-state index is 0.119. The molecule has 108 valence electrons. The molecule has 1 N–H and O–H groups in total. The molecule has 0 radical (unpaired) electrons. The smallest absolute Gasteiger partial charge is 0.240 e. The first-order valence-electron chi connectivity index (χ1n) is 7.33. The van der Waals surface area contributed by atoms with Crippen LogP contribution in [0.4, 0.5) is 0 Å². The van der Waals surface area contributed by atoms with Crippen LogP contribution in [0.2, 0.25) is 0 Å². The van der Waals surface area contributed by atoms with Gasteiger partial charge in [0.15, 0.2) is 0 Å². The molecule has 0 aromatic carbocycles. The lowest BCUT2D eigenvalue weighted by atomic mass is 9.78. The summed E-state index contributed by atoms with van der Waals surface area (Å²) in [5.41, 5.74) is -1.19. The maximum absolute atomic E-state index is 12.6. The molecule has 0 aliphatic carbocycles. The average molecular weight is 266 g/mol. The zero-order chi connectivity index (χ0) is 14.4. The third-order valence-electron chi connectivity index (χ3n) is 3.86. The molecule has 0 spiro atoms. The van der Waals surface area contributed by atoms with E-state index in [9.17, 15) is 10.1 Å². The number of hydrogen-bond donors (Lipinski definition) is 1. The van der Waals surface area contributed by atoms with Gasteiger partial charge in [-0.1, -0.05) is 26.7 Å². The number of nitrogens with zero attached hydrogens (tertiary/aromatic N) is 1. The lowest BCUT2D eigenvalue weighted by Crippen LogP contribution is -2.55. The fourth-order valence-electron chi connectivity index (χ4n) is 2.79. The van der Waals surface area contributed by atoms with Crippen LogP contribution in [0.5, 0.6) is 0 Å². The first-order valence-corrected chi connectivity index (χ1v) is 7.33. The van der Waals surface area contributed by atoms with Crippen molar-refractivity contribution in [3.05, 3.63) is 0 Å². The predicted molar refractivity (Wildman–Crippen MR) is 74.5 cm³/mol. The Morgan fingerprint density at radius 3 is 2.47 bits per heavy atom. The van der Waals surface area contributed by atoms with Gasteiger partial charge in [-0.25, -0.2) is 0 Å². The van der Waals surface area contributed by atoms with Crippen LogP contribution >= 0.6 is 0 Å². The van der Waals surface area contributed by atoms with Crippen molar-refractivity contribution in [3.63, 3.8) is 0 Å². The van der Waals surface area contributed by atoms with Crippen molar-refractivity contribution in [2.75, 3.05) is 13.2 Å². The third kappa shape index (κ3) is 3.94. The highest BCUT2D eigenvalue weighted by Crippen LogP contribution is 2.31. The monoisotopic (exact) mass is 266 g/mol. The van der Waals surface area contributed by atoms with Gasteiger partial charge in [0, 0.05) is 6.61 Å². The van der Waals surface area contributed by atoms with Crippen molar-refractivity contribution >= 4 is 5.91 Å². The van der Waals surface area contributed by atoms with Gasteiger partial charge in [0.1, 0.15) is 5.41 Å². The predicted octanol–water partition coefficient (Wildman–Crippen LogP) is 2.78. The molecule has 0 aromatic rings. The summed E-state index contributed by atoms with van der Waals surface area (Å²) in [5.74, 6) is -0.119. The van der Waals surface area contributed by atoms with Crippen molar-refractivity contribution in [2.24, 2.45) is 5.41 Å². The average Bonchev–Trinajstić information content (AvgIpc) is 2.38. The van der Waals surface area contributed by atoms with E-state index in [1.807, 2.05) is 20.8 Å². The number of rotatable bonds is 6. The molecule has 1 saturated heterocycles. The summed E-state index contributed by atoms with van der Waals surface area (Å²) in [7, 11) is 0. The quantitative estimate of drug-likeness (QED) is 0.804. The number of nitriles is 1. The Hall–Kier alpha value is -1.08. The van der Waals surface area contributed by atoms with Crippen LogP contribution in [-0.4, -0.2) is 24.7 Å². The Kier molecular flexibility index (Phi) is 5.81. The van der Waals surface area contributed by atoms with Crippen LogP contribution in [0.1, 0.15) is 59.3 Å². The summed E-state index contributed by atoms with van der Waals surface area (Å²) in [6.45, 7) is 7.34. The van der Waals surface area contributed by atoms with Gasteiger partial charge < -0.3 is 10.1 Å². The highest BCUT2D eigenvalue weighted by Gasteiger charge is 2.41. The number of amides is 1. The second kappa shape index (κ2) is 6.91. The van der Waals surface area contributed by atoms with Crippen molar-refractivity contribution in [3.8, 4) is 6.07 Å². The highest BCUT2D eigenvalue weighted by molar-refractivity contribution is 5.86. The van der Waals surface area contributed by atoms with Gasteiger partial charge >= 0.3 is 0 Å². The zero-order valence-electron chi connectivity index (χ0n) is 12.4. The molecule has 1 amide bonds. The molecule has 1 aliphatic rings. The molecule has 4 heteroatoms. The van der Waals surface area contributed by atoms with Gasteiger partial charge in [0.2, 0.25) is 5.91 Å². The molecule has 1 heterocycles. The van der Waals surface area contributed by atoms with Gasteiger partial charge in [-0.15, -0.1) is 0 Å². The van der Waals surface area contributed by atoms with Crippen LogP contribution in [0, 0.1) is 16.7 Å². The van der Waals surface area contributed by atoms with Crippen molar-refractivity contribution in [1.29, 1.82) is 5.26 Å². The van der Waals surface area contributed by atoms with E-state index in [1.165, 1.54) is 0 Å². The Morgan fingerprint density at radius 1 is 1.42 bits per heavy atom. The van der Waals surface area contributed by atoms with E-state index in [1.54, 1.807) is 0 Å². The summed E-state index contributed by atoms with van der Waals surface area (Å²) in [4.78, 5) is 12.6. The molecule has 1 unspecified atom stereocenters. The standard InChI is InChI=1S/C15H26N2O2/c1-4-7-15(11-16,8-5-2)13(18)17-14(3)9-6-10-19-12-14/h4-10,12H2,1-3H3,(H,17,18). The Balaban J connectivity index is 2.79. The Labute approximate surface area is 116 Å². The summed E-state index contributed by atoms with van der Waals surface area (Å²) in [6, 6.07) is 2.27. The zero-order valence-corrected chi connectivity index (χ0v) is 12.4. The first kappa shape index (κ1) is 16.0. The number of carbonyl (C=O) groups excluding carboxylic acids is 1. The second-order valence-corrected chi connectivity index (χ2v) is 5.86. The van der Waals surface area contributed by atoms with Crippen LogP contribution in [-0.2, 0) is 9.53 Å². The summed E-state index contributed by atoms with van der Waals surface area (Å²) in [5, 5.41) is 12.6. The molecule has 19 heavy (non-hydrogen) atoms.